The normalized spacial score (nSPS) is 16.8. The van der Waals surface area contributed by atoms with Crippen LogP contribution in [-0.4, -0.2) is 23.1 Å². The molecule has 0 aromatic carbocycles. The molecule has 1 saturated heterocycles. The number of nitrogens with zero attached hydrogens (tertiary/aromatic N) is 3. The molecule has 1 aromatic heterocycles. The molecule has 0 bridgehead atoms. The summed E-state index contributed by atoms with van der Waals surface area (Å²) in [5.41, 5.74) is 6.47. The maximum absolute atomic E-state index is 5.59. The first-order valence-electron chi connectivity index (χ1n) is 5.28. The van der Waals surface area contributed by atoms with Gasteiger partial charge in [0.1, 0.15) is 5.82 Å². The SMILES string of the molecule is NCc1cc(N2CCCCC2)nc(Br)n1. The highest BCUT2D eigenvalue weighted by molar-refractivity contribution is 9.10. The molecule has 5 heteroatoms. The number of piperidine rings is 1. The number of aromatic nitrogens is 2. The topological polar surface area (TPSA) is 55.0 Å². The summed E-state index contributed by atoms with van der Waals surface area (Å²) >= 11 is 3.32. The van der Waals surface area contributed by atoms with Crippen LogP contribution in [0.15, 0.2) is 10.8 Å². The van der Waals surface area contributed by atoms with Crippen molar-refractivity contribution in [3.8, 4) is 0 Å². The van der Waals surface area contributed by atoms with Gasteiger partial charge in [-0.25, -0.2) is 9.97 Å². The van der Waals surface area contributed by atoms with Gasteiger partial charge in [0.15, 0.2) is 4.73 Å². The van der Waals surface area contributed by atoms with Gasteiger partial charge in [-0.3, -0.25) is 0 Å². The van der Waals surface area contributed by atoms with Gasteiger partial charge in [0.2, 0.25) is 0 Å². The summed E-state index contributed by atoms with van der Waals surface area (Å²) in [5, 5.41) is 0. The molecule has 4 nitrogen and oxygen atoms in total. The highest BCUT2D eigenvalue weighted by atomic mass is 79.9. The monoisotopic (exact) mass is 270 g/mol. The zero-order valence-electron chi connectivity index (χ0n) is 8.62. The highest BCUT2D eigenvalue weighted by Gasteiger charge is 2.13. The fraction of sp³-hybridized carbons (Fsp3) is 0.600. The maximum Gasteiger partial charge on any atom is 0.198 e. The molecule has 0 unspecified atom stereocenters. The van der Waals surface area contributed by atoms with Crippen LogP contribution in [0.25, 0.3) is 0 Å². The first kappa shape index (κ1) is 10.8. The quantitative estimate of drug-likeness (QED) is 0.832. The maximum atomic E-state index is 5.59. The molecule has 1 fully saturated rings. The van der Waals surface area contributed by atoms with Gasteiger partial charge in [-0.05, 0) is 35.2 Å². The van der Waals surface area contributed by atoms with Gasteiger partial charge in [0, 0.05) is 25.7 Å². The van der Waals surface area contributed by atoms with E-state index in [2.05, 4.69) is 30.8 Å². The highest BCUT2D eigenvalue weighted by Crippen LogP contribution is 2.19. The van der Waals surface area contributed by atoms with Crippen molar-refractivity contribution in [3.63, 3.8) is 0 Å². The Kier molecular flexibility index (Phi) is 3.53. The summed E-state index contributed by atoms with van der Waals surface area (Å²) in [6.45, 7) is 2.64. The third-order valence-corrected chi connectivity index (χ3v) is 2.98. The molecule has 2 heterocycles. The zero-order valence-corrected chi connectivity index (χ0v) is 10.2. The van der Waals surface area contributed by atoms with Gasteiger partial charge in [0.25, 0.3) is 0 Å². The van der Waals surface area contributed by atoms with Gasteiger partial charge in [-0.1, -0.05) is 0 Å². The Hall–Kier alpha value is -0.680. The lowest BCUT2D eigenvalue weighted by molar-refractivity contribution is 0.572. The molecule has 82 valence electrons. The molecule has 15 heavy (non-hydrogen) atoms. The predicted octanol–water partition coefficient (Wildman–Crippen LogP) is 1.69. The lowest BCUT2D eigenvalue weighted by Crippen LogP contribution is -2.30. The van der Waals surface area contributed by atoms with Crippen LogP contribution in [0.4, 0.5) is 5.82 Å². The van der Waals surface area contributed by atoms with Crippen LogP contribution in [0.5, 0.6) is 0 Å². The van der Waals surface area contributed by atoms with Crippen LogP contribution in [0.2, 0.25) is 0 Å². The Balaban J connectivity index is 2.22. The van der Waals surface area contributed by atoms with Crippen molar-refractivity contribution >= 4 is 21.7 Å². The van der Waals surface area contributed by atoms with Crippen molar-refractivity contribution in [2.45, 2.75) is 25.8 Å². The third kappa shape index (κ3) is 2.66. The Labute approximate surface area is 98.0 Å². The molecule has 2 rings (SSSR count). The second-order valence-corrected chi connectivity index (χ2v) is 4.45. The molecule has 1 aliphatic rings. The summed E-state index contributed by atoms with van der Waals surface area (Å²) in [5.74, 6) is 0.997. The lowest BCUT2D eigenvalue weighted by atomic mass is 10.1. The lowest BCUT2D eigenvalue weighted by Gasteiger charge is -2.27. The molecule has 0 amide bonds. The molecule has 0 aliphatic carbocycles. The summed E-state index contributed by atoms with van der Waals surface area (Å²) in [4.78, 5) is 10.9. The average molecular weight is 271 g/mol. The molecule has 2 N–H and O–H groups in total. The van der Waals surface area contributed by atoms with Crippen LogP contribution in [0, 0.1) is 0 Å². The average Bonchev–Trinajstić information content (AvgIpc) is 2.29. The minimum Gasteiger partial charge on any atom is -0.356 e. The van der Waals surface area contributed by atoms with Gasteiger partial charge >= 0.3 is 0 Å². The molecule has 1 aromatic rings. The van der Waals surface area contributed by atoms with Crippen molar-refractivity contribution in [2.75, 3.05) is 18.0 Å². The van der Waals surface area contributed by atoms with E-state index < -0.39 is 0 Å². The molecule has 0 radical (unpaired) electrons. The summed E-state index contributed by atoms with van der Waals surface area (Å²) in [7, 11) is 0. The van der Waals surface area contributed by atoms with E-state index >= 15 is 0 Å². The van der Waals surface area contributed by atoms with E-state index in [-0.39, 0.29) is 0 Å². The van der Waals surface area contributed by atoms with E-state index in [1.54, 1.807) is 0 Å². The Morgan fingerprint density at radius 3 is 2.67 bits per heavy atom. The van der Waals surface area contributed by atoms with Crippen LogP contribution in [0.3, 0.4) is 0 Å². The number of anilines is 1. The third-order valence-electron chi connectivity index (χ3n) is 2.63. The second kappa shape index (κ2) is 4.90. The second-order valence-electron chi connectivity index (χ2n) is 3.74. The molecule has 0 saturated carbocycles. The minimum atomic E-state index is 0.460. The van der Waals surface area contributed by atoms with Crippen molar-refractivity contribution in [1.82, 2.24) is 9.97 Å². The number of hydrogen-bond acceptors (Lipinski definition) is 4. The fourth-order valence-electron chi connectivity index (χ4n) is 1.84. The smallest absolute Gasteiger partial charge is 0.198 e. The first-order chi connectivity index (χ1) is 7.29. The summed E-state index contributed by atoms with van der Waals surface area (Å²) in [6.07, 6.45) is 3.83. The van der Waals surface area contributed by atoms with Gasteiger partial charge in [-0.2, -0.15) is 0 Å². The van der Waals surface area contributed by atoms with E-state index in [1.807, 2.05) is 6.07 Å². The molecule has 0 atom stereocenters. The predicted molar refractivity (Wildman–Crippen MR) is 63.7 cm³/mol. The largest absolute Gasteiger partial charge is 0.356 e. The Bertz CT molecular complexity index is 336. The zero-order chi connectivity index (χ0) is 10.7. The molecule has 1 aliphatic heterocycles. The first-order valence-corrected chi connectivity index (χ1v) is 6.07. The summed E-state index contributed by atoms with van der Waals surface area (Å²) in [6, 6.07) is 1.98. The number of rotatable bonds is 2. The van der Waals surface area contributed by atoms with E-state index in [0.29, 0.717) is 11.3 Å². The van der Waals surface area contributed by atoms with Crippen molar-refractivity contribution in [2.24, 2.45) is 5.73 Å². The number of halogens is 1. The number of hydrogen-bond donors (Lipinski definition) is 1. The van der Waals surface area contributed by atoms with Crippen LogP contribution in [-0.2, 0) is 6.54 Å². The molecular weight excluding hydrogens is 256 g/mol. The van der Waals surface area contributed by atoms with Gasteiger partial charge < -0.3 is 10.6 Å². The number of nitrogens with two attached hydrogens (primary N) is 1. The Morgan fingerprint density at radius 2 is 2.00 bits per heavy atom. The van der Waals surface area contributed by atoms with Crippen LogP contribution < -0.4 is 10.6 Å². The van der Waals surface area contributed by atoms with E-state index in [9.17, 15) is 0 Å². The van der Waals surface area contributed by atoms with Gasteiger partial charge in [-0.15, -0.1) is 0 Å². The Morgan fingerprint density at radius 1 is 1.27 bits per heavy atom. The van der Waals surface area contributed by atoms with Crippen LogP contribution >= 0.6 is 15.9 Å². The fourth-order valence-corrected chi connectivity index (χ4v) is 2.25. The standard InChI is InChI=1S/C10H15BrN4/c11-10-13-8(7-12)6-9(14-10)15-4-2-1-3-5-15/h6H,1-5,7,12H2. The van der Waals surface area contributed by atoms with Crippen LogP contribution in [0.1, 0.15) is 25.0 Å². The minimum absolute atomic E-state index is 0.460. The molecular formula is C10H15BrN4. The summed E-state index contributed by atoms with van der Waals surface area (Å²) < 4.78 is 0.631. The molecule has 0 spiro atoms. The van der Waals surface area contributed by atoms with E-state index in [1.165, 1.54) is 19.3 Å². The van der Waals surface area contributed by atoms with Crippen molar-refractivity contribution in [3.05, 3.63) is 16.5 Å². The van der Waals surface area contributed by atoms with Gasteiger partial charge in [0.05, 0.1) is 5.69 Å². The van der Waals surface area contributed by atoms with Crippen molar-refractivity contribution in [1.29, 1.82) is 0 Å². The van der Waals surface area contributed by atoms with Crippen molar-refractivity contribution < 1.29 is 0 Å². The van der Waals surface area contributed by atoms with E-state index in [0.717, 1.165) is 24.6 Å². The van der Waals surface area contributed by atoms with E-state index in [4.69, 9.17) is 5.73 Å².